The molecule has 3 N–H and O–H groups in total. The van der Waals surface area contributed by atoms with Crippen LogP contribution in [-0.2, 0) is 4.79 Å². The van der Waals surface area contributed by atoms with E-state index >= 15 is 0 Å². The zero-order valence-electron chi connectivity index (χ0n) is 9.56. The molecule has 0 aromatic rings. The zero-order chi connectivity index (χ0) is 10.9. The van der Waals surface area contributed by atoms with Gasteiger partial charge in [0.1, 0.15) is 0 Å². The van der Waals surface area contributed by atoms with Crippen LogP contribution in [0.4, 0.5) is 0 Å². The minimum atomic E-state index is -0.792. The number of nitrogens with one attached hydrogen (secondary N) is 1. The molecular weight excluding hydrogens is 164 g/mol. The molecule has 0 spiro atoms. The molecule has 13 heavy (non-hydrogen) atoms. The lowest BCUT2D eigenvalue weighted by Crippen LogP contribution is -2.54. The lowest BCUT2D eigenvalue weighted by Gasteiger charge is -2.30. The van der Waals surface area contributed by atoms with E-state index in [-0.39, 0.29) is 17.4 Å². The number of rotatable bonds is 2. The maximum atomic E-state index is 11.5. The number of hydrogen-bond acceptors (Lipinski definition) is 2. The highest BCUT2D eigenvalue weighted by Crippen LogP contribution is 2.18. The third-order valence-electron chi connectivity index (χ3n) is 2.23. The normalized spacial score (nSPS) is 15.3. The van der Waals surface area contributed by atoms with Crippen LogP contribution in [0.5, 0.6) is 0 Å². The van der Waals surface area contributed by atoms with Crippen molar-refractivity contribution in [2.45, 2.75) is 53.1 Å². The number of carbonyl (C=O) groups is 1. The third kappa shape index (κ3) is 4.27. The molecule has 3 nitrogen and oxygen atoms in total. The van der Waals surface area contributed by atoms with Crippen molar-refractivity contribution in [2.75, 3.05) is 0 Å². The lowest BCUT2D eigenvalue weighted by molar-refractivity contribution is -0.126. The first-order chi connectivity index (χ1) is 5.55. The second-order valence-electron chi connectivity index (χ2n) is 5.28. The van der Waals surface area contributed by atoms with E-state index in [0.29, 0.717) is 0 Å². The molecule has 0 radical (unpaired) electrons. The highest BCUT2D eigenvalue weighted by molar-refractivity contribution is 5.85. The number of amides is 1. The van der Waals surface area contributed by atoms with E-state index in [1.165, 1.54) is 0 Å². The fourth-order valence-corrected chi connectivity index (χ4v) is 0.599. The first kappa shape index (κ1) is 12.4. The average Bonchev–Trinajstić information content (AvgIpc) is 1.82. The summed E-state index contributed by atoms with van der Waals surface area (Å²) < 4.78 is 0. The Balaban J connectivity index is 4.24. The van der Waals surface area contributed by atoms with Crippen LogP contribution in [0.25, 0.3) is 0 Å². The standard InChI is InChI=1S/C10H22N2O/c1-7(9(2,3)4)12-8(13)10(5,6)11/h7H,11H2,1-6H3,(H,12,13). The molecule has 0 aliphatic carbocycles. The van der Waals surface area contributed by atoms with E-state index in [1.54, 1.807) is 13.8 Å². The largest absolute Gasteiger partial charge is 0.352 e. The predicted octanol–water partition coefficient (Wildman–Crippen LogP) is 1.27. The third-order valence-corrected chi connectivity index (χ3v) is 2.23. The summed E-state index contributed by atoms with van der Waals surface area (Å²) in [4.78, 5) is 11.5. The van der Waals surface area contributed by atoms with Gasteiger partial charge in [0.05, 0.1) is 5.54 Å². The van der Waals surface area contributed by atoms with Crippen LogP contribution < -0.4 is 11.1 Å². The fourth-order valence-electron chi connectivity index (χ4n) is 0.599. The Labute approximate surface area is 81.1 Å². The molecule has 78 valence electrons. The maximum Gasteiger partial charge on any atom is 0.239 e. The molecule has 0 fully saturated rings. The summed E-state index contributed by atoms with van der Waals surface area (Å²) in [5.41, 5.74) is 4.94. The number of hydrogen-bond donors (Lipinski definition) is 2. The van der Waals surface area contributed by atoms with E-state index in [1.807, 2.05) is 6.92 Å². The Morgan fingerprint density at radius 3 is 1.85 bits per heavy atom. The molecule has 0 saturated heterocycles. The average molecular weight is 186 g/mol. The SMILES string of the molecule is CC(NC(=O)C(C)(C)N)C(C)(C)C. The fraction of sp³-hybridized carbons (Fsp3) is 0.900. The molecule has 1 amide bonds. The van der Waals surface area contributed by atoms with Gasteiger partial charge in [0.2, 0.25) is 5.91 Å². The van der Waals surface area contributed by atoms with Crippen LogP contribution in [0.15, 0.2) is 0 Å². The van der Waals surface area contributed by atoms with Crippen molar-refractivity contribution in [1.29, 1.82) is 0 Å². The first-order valence-electron chi connectivity index (χ1n) is 4.65. The summed E-state index contributed by atoms with van der Waals surface area (Å²) in [5.74, 6) is -0.102. The smallest absolute Gasteiger partial charge is 0.239 e. The van der Waals surface area contributed by atoms with Gasteiger partial charge in [-0.05, 0) is 26.2 Å². The van der Waals surface area contributed by atoms with Gasteiger partial charge in [-0.15, -0.1) is 0 Å². The highest BCUT2D eigenvalue weighted by Gasteiger charge is 2.27. The summed E-state index contributed by atoms with van der Waals surface area (Å²) in [7, 11) is 0. The quantitative estimate of drug-likeness (QED) is 0.682. The minimum Gasteiger partial charge on any atom is -0.352 e. The molecule has 0 aromatic carbocycles. The van der Waals surface area contributed by atoms with Crippen LogP contribution in [0.3, 0.4) is 0 Å². The van der Waals surface area contributed by atoms with Gasteiger partial charge in [-0.2, -0.15) is 0 Å². The van der Waals surface area contributed by atoms with Crippen molar-refractivity contribution < 1.29 is 4.79 Å². The second-order valence-corrected chi connectivity index (χ2v) is 5.28. The van der Waals surface area contributed by atoms with Crippen molar-refractivity contribution in [3.05, 3.63) is 0 Å². The summed E-state index contributed by atoms with van der Waals surface area (Å²) in [6, 6.07) is 0.128. The van der Waals surface area contributed by atoms with E-state index < -0.39 is 5.54 Å². The van der Waals surface area contributed by atoms with E-state index in [0.717, 1.165) is 0 Å². The van der Waals surface area contributed by atoms with E-state index in [9.17, 15) is 4.79 Å². The van der Waals surface area contributed by atoms with E-state index in [2.05, 4.69) is 26.1 Å². The molecular formula is C10H22N2O. The van der Waals surface area contributed by atoms with Crippen molar-refractivity contribution in [2.24, 2.45) is 11.1 Å². The van der Waals surface area contributed by atoms with Gasteiger partial charge >= 0.3 is 0 Å². The van der Waals surface area contributed by atoms with Crippen molar-refractivity contribution in [1.82, 2.24) is 5.32 Å². The summed E-state index contributed by atoms with van der Waals surface area (Å²) >= 11 is 0. The van der Waals surface area contributed by atoms with Crippen molar-refractivity contribution in [3.8, 4) is 0 Å². The molecule has 0 heterocycles. The summed E-state index contributed by atoms with van der Waals surface area (Å²) in [6.07, 6.45) is 0. The van der Waals surface area contributed by atoms with Crippen molar-refractivity contribution in [3.63, 3.8) is 0 Å². The maximum absolute atomic E-state index is 11.5. The summed E-state index contributed by atoms with van der Waals surface area (Å²) in [6.45, 7) is 11.7. The molecule has 1 atom stereocenters. The van der Waals surface area contributed by atoms with Crippen LogP contribution >= 0.6 is 0 Å². The topological polar surface area (TPSA) is 55.1 Å². The van der Waals surface area contributed by atoms with Crippen LogP contribution in [0.2, 0.25) is 0 Å². The van der Waals surface area contributed by atoms with Gasteiger partial charge in [0, 0.05) is 6.04 Å². The molecule has 1 unspecified atom stereocenters. The Morgan fingerprint density at radius 2 is 1.62 bits per heavy atom. The van der Waals surface area contributed by atoms with Gasteiger partial charge < -0.3 is 11.1 Å². The van der Waals surface area contributed by atoms with Gasteiger partial charge in [0.15, 0.2) is 0 Å². The molecule has 0 aromatic heterocycles. The molecule has 0 aliphatic heterocycles. The summed E-state index contributed by atoms with van der Waals surface area (Å²) in [5, 5.41) is 2.90. The van der Waals surface area contributed by atoms with E-state index in [4.69, 9.17) is 5.73 Å². The minimum absolute atomic E-state index is 0.0703. The Bertz CT molecular complexity index is 186. The van der Waals surface area contributed by atoms with Gasteiger partial charge in [0.25, 0.3) is 0 Å². The monoisotopic (exact) mass is 186 g/mol. The number of carbonyl (C=O) groups excluding carboxylic acids is 1. The number of nitrogens with two attached hydrogens (primary N) is 1. The Morgan fingerprint density at radius 1 is 1.23 bits per heavy atom. The zero-order valence-corrected chi connectivity index (χ0v) is 9.56. The molecule has 3 heteroatoms. The molecule has 0 rings (SSSR count). The lowest BCUT2D eigenvalue weighted by atomic mass is 9.87. The van der Waals surface area contributed by atoms with Crippen LogP contribution in [-0.4, -0.2) is 17.5 Å². The highest BCUT2D eigenvalue weighted by atomic mass is 16.2. The van der Waals surface area contributed by atoms with Gasteiger partial charge in [-0.3, -0.25) is 4.79 Å². The molecule has 0 saturated carbocycles. The molecule has 0 bridgehead atoms. The van der Waals surface area contributed by atoms with Gasteiger partial charge in [-0.1, -0.05) is 20.8 Å². The van der Waals surface area contributed by atoms with Crippen LogP contribution in [0, 0.1) is 5.41 Å². The van der Waals surface area contributed by atoms with Crippen molar-refractivity contribution >= 4 is 5.91 Å². The molecule has 0 aliphatic rings. The predicted molar refractivity (Wildman–Crippen MR) is 55.3 cm³/mol. The Kier molecular flexibility index (Phi) is 3.50. The second kappa shape index (κ2) is 3.66. The van der Waals surface area contributed by atoms with Gasteiger partial charge in [-0.25, -0.2) is 0 Å². The van der Waals surface area contributed by atoms with Crippen LogP contribution in [0.1, 0.15) is 41.5 Å². The first-order valence-corrected chi connectivity index (χ1v) is 4.65. The Hall–Kier alpha value is -0.570.